The van der Waals surface area contributed by atoms with Crippen LogP contribution in [0.25, 0.3) is 11.5 Å². The molecule has 4 rings (SSSR count). The molecular formula is C21H20FN5O4. The lowest BCUT2D eigenvalue weighted by molar-refractivity contribution is -0.384. The Kier molecular flexibility index (Phi) is 5.99. The number of nitrogens with one attached hydrogen (secondary N) is 1. The van der Waals surface area contributed by atoms with Crippen molar-refractivity contribution in [3.05, 3.63) is 70.4 Å². The first-order valence-electron chi connectivity index (χ1n) is 9.84. The third-order valence-electron chi connectivity index (χ3n) is 5.18. The quantitative estimate of drug-likeness (QED) is 0.474. The van der Waals surface area contributed by atoms with Crippen molar-refractivity contribution in [2.75, 3.05) is 25.0 Å². The van der Waals surface area contributed by atoms with E-state index in [1.54, 1.807) is 18.2 Å². The van der Waals surface area contributed by atoms with Crippen LogP contribution in [-0.4, -0.2) is 45.6 Å². The minimum absolute atomic E-state index is 0.0711. The molecule has 0 saturated carbocycles. The van der Waals surface area contributed by atoms with E-state index in [4.69, 9.17) is 4.42 Å². The molecule has 1 aliphatic rings. The fraction of sp³-hybridized carbons (Fsp3) is 0.286. The number of hydrogen-bond acceptors (Lipinski definition) is 7. The number of non-ortho nitro benzene ring substituents is 1. The minimum atomic E-state index is -0.501. The van der Waals surface area contributed by atoms with Crippen LogP contribution in [0, 0.1) is 15.9 Å². The van der Waals surface area contributed by atoms with Crippen LogP contribution in [-0.2, 0) is 4.79 Å². The number of benzene rings is 2. The lowest BCUT2D eigenvalue weighted by atomic mass is 9.97. The SMILES string of the molecule is O=C(CN1CCC(c2nnc(-c3ccc(F)cc3)o2)CC1)Nc1cccc([N+](=O)[O-])c1. The van der Waals surface area contributed by atoms with Crippen molar-refractivity contribution < 1.29 is 18.5 Å². The van der Waals surface area contributed by atoms with Gasteiger partial charge >= 0.3 is 0 Å². The summed E-state index contributed by atoms with van der Waals surface area (Å²) in [5.74, 6) is 0.437. The molecule has 9 nitrogen and oxygen atoms in total. The van der Waals surface area contributed by atoms with Gasteiger partial charge in [0.05, 0.1) is 11.5 Å². The highest BCUT2D eigenvalue weighted by Crippen LogP contribution is 2.29. The first-order chi connectivity index (χ1) is 15.0. The van der Waals surface area contributed by atoms with Crippen LogP contribution in [0.4, 0.5) is 15.8 Å². The molecule has 0 spiro atoms. The van der Waals surface area contributed by atoms with Gasteiger partial charge in [0.1, 0.15) is 5.82 Å². The van der Waals surface area contributed by atoms with Crippen LogP contribution < -0.4 is 5.32 Å². The molecule has 0 bridgehead atoms. The van der Waals surface area contributed by atoms with Crippen LogP contribution in [0.5, 0.6) is 0 Å². The third kappa shape index (κ3) is 5.10. The van der Waals surface area contributed by atoms with E-state index in [9.17, 15) is 19.3 Å². The number of nitro groups is 1. The van der Waals surface area contributed by atoms with Crippen molar-refractivity contribution in [2.24, 2.45) is 0 Å². The normalized spacial score (nSPS) is 15.0. The van der Waals surface area contributed by atoms with Crippen molar-refractivity contribution in [2.45, 2.75) is 18.8 Å². The average molecular weight is 425 g/mol. The summed E-state index contributed by atoms with van der Waals surface area (Å²) < 4.78 is 18.8. The monoisotopic (exact) mass is 425 g/mol. The zero-order valence-corrected chi connectivity index (χ0v) is 16.5. The molecule has 0 atom stereocenters. The highest BCUT2D eigenvalue weighted by atomic mass is 19.1. The Morgan fingerprint density at radius 1 is 1.19 bits per heavy atom. The number of anilines is 1. The maximum Gasteiger partial charge on any atom is 0.271 e. The van der Waals surface area contributed by atoms with Gasteiger partial charge < -0.3 is 9.73 Å². The second kappa shape index (κ2) is 9.00. The van der Waals surface area contributed by atoms with E-state index in [0.29, 0.717) is 36.1 Å². The van der Waals surface area contributed by atoms with Gasteiger partial charge in [-0.2, -0.15) is 0 Å². The number of aromatic nitrogens is 2. The molecule has 1 amide bonds. The number of rotatable bonds is 6. The number of nitrogens with zero attached hydrogens (tertiary/aromatic N) is 4. The third-order valence-corrected chi connectivity index (χ3v) is 5.18. The van der Waals surface area contributed by atoms with E-state index in [2.05, 4.69) is 15.5 Å². The Morgan fingerprint density at radius 3 is 2.65 bits per heavy atom. The molecule has 1 saturated heterocycles. The van der Waals surface area contributed by atoms with Gasteiger partial charge in [0, 0.05) is 29.3 Å². The fourth-order valence-corrected chi connectivity index (χ4v) is 3.55. The van der Waals surface area contributed by atoms with E-state index >= 15 is 0 Å². The van der Waals surface area contributed by atoms with Crippen LogP contribution in [0.15, 0.2) is 52.9 Å². The Hall–Kier alpha value is -3.66. The highest BCUT2D eigenvalue weighted by molar-refractivity contribution is 5.92. The van der Waals surface area contributed by atoms with Crippen molar-refractivity contribution >= 4 is 17.3 Å². The Bertz CT molecular complexity index is 1080. The van der Waals surface area contributed by atoms with Crippen LogP contribution >= 0.6 is 0 Å². The summed E-state index contributed by atoms with van der Waals surface area (Å²) in [5.41, 5.74) is 0.988. The van der Waals surface area contributed by atoms with Gasteiger partial charge in [0.15, 0.2) is 0 Å². The Balaban J connectivity index is 1.29. The van der Waals surface area contributed by atoms with Gasteiger partial charge in [-0.1, -0.05) is 6.07 Å². The number of likely N-dealkylation sites (tertiary alicyclic amines) is 1. The molecule has 1 fully saturated rings. The summed E-state index contributed by atoms with van der Waals surface area (Å²) in [6.07, 6.45) is 1.52. The smallest absolute Gasteiger partial charge is 0.271 e. The number of nitro benzene ring substituents is 1. The molecule has 1 aromatic heterocycles. The van der Waals surface area contributed by atoms with Gasteiger partial charge in [-0.25, -0.2) is 4.39 Å². The summed E-state index contributed by atoms with van der Waals surface area (Å²) >= 11 is 0. The van der Waals surface area contributed by atoms with Gasteiger partial charge in [-0.05, 0) is 56.3 Å². The van der Waals surface area contributed by atoms with Gasteiger partial charge in [-0.15, -0.1) is 10.2 Å². The van der Waals surface area contributed by atoms with Gasteiger partial charge in [0.25, 0.3) is 5.69 Å². The molecule has 1 N–H and O–H groups in total. The molecule has 0 radical (unpaired) electrons. The molecule has 2 aromatic carbocycles. The standard InChI is InChI=1S/C21H20FN5O4/c22-16-6-4-14(5-7-16)20-24-25-21(31-20)15-8-10-26(11-9-15)13-19(28)23-17-2-1-3-18(12-17)27(29)30/h1-7,12,15H,8-11,13H2,(H,23,28). The van der Waals surface area contributed by atoms with Crippen molar-refractivity contribution in [3.8, 4) is 11.5 Å². The molecule has 0 aliphatic carbocycles. The number of piperidine rings is 1. The average Bonchev–Trinajstić information content (AvgIpc) is 3.25. The summed E-state index contributed by atoms with van der Waals surface area (Å²) in [7, 11) is 0. The lowest BCUT2D eigenvalue weighted by Gasteiger charge is -2.29. The molecule has 31 heavy (non-hydrogen) atoms. The second-order valence-electron chi connectivity index (χ2n) is 7.36. The van der Waals surface area contributed by atoms with Crippen molar-refractivity contribution in [3.63, 3.8) is 0 Å². The zero-order valence-electron chi connectivity index (χ0n) is 16.5. The summed E-state index contributed by atoms with van der Waals surface area (Å²) in [6, 6.07) is 11.7. The second-order valence-corrected chi connectivity index (χ2v) is 7.36. The molecular weight excluding hydrogens is 405 g/mol. The molecule has 10 heteroatoms. The van der Waals surface area contributed by atoms with Gasteiger partial charge in [0.2, 0.25) is 17.7 Å². The number of hydrogen-bond donors (Lipinski definition) is 1. The number of amides is 1. The summed E-state index contributed by atoms with van der Waals surface area (Å²) in [5, 5.41) is 21.8. The number of carbonyl (C=O) groups is 1. The topological polar surface area (TPSA) is 114 Å². The Morgan fingerprint density at radius 2 is 1.94 bits per heavy atom. The maximum absolute atomic E-state index is 13.1. The van der Waals surface area contributed by atoms with E-state index < -0.39 is 4.92 Å². The van der Waals surface area contributed by atoms with Crippen molar-refractivity contribution in [1.82, 2.24) is 15.1 Å². The first-order valence-corrected chi connectivity index (χ1v) is 9.84. The van der Waals surface area contributed by atoms with E-state index in [0.717, 1.165) is 12.8 Å². The minimum Gasteiger partial charge on any atom is -0.420 e. The van der Waals surface area contributed by atoms with Gasteiger partial charge in [-0.3, -0.25) is 19.8 Å². The van der Waals surface area contributed by atoms with Crippen LogP contribution in [0.3, 0.4) is 0 Å². The van der Waals surface area contributed by atoms with Crippen molar-refractivity contribution in [1.29, 1.82) is 0 Å². The molecule has 3 aromatic rings. The maximum atomic E-state index is 13.1. The van der Waals surface area contributed by atoms with Crippen LogP contribution in [0.2, 0.25) is 0 Å². The first kappa shape index (κ1) is 20.6. The summed E-state index contributed by atoms with van der Waals surface area (Å²) in [4.78, 5) is 24.7. The zero-order chi connectivity index (χ0) is 21.8. The molecule has 2 heterocycles. The number of carbonyl (C=O) groups excluding carboxylic acids is 1. The largest absolute Gasteiger partial charge is 0.420 e. The Labute approximate surface area is 177 Å². The highest BCUT2D eigenvalue weighted by Gasteiger charge is 2.26. The van der Waals surface area contributed by atoms with E-state index in [1.165, 1.54) is 30.3 Å². The lowest BCUT2D eigenvalue weighted by Crippen LogP contribution is -2.38. The molecule has 0 unspecified atom stereocenters. The number of halogens is 1. The van der Waals surface area contributed by atoms with E-state index in [-0.39, 0.29) is 29.9 Å². The van der Waals surface area contributed by atoms with Crippen LogP contribution in [0.1, 0.15) is 24.7 Å². The summed E-state index contributed by atoms with van der Waals surface area (Å²) in [6.45, 7) is 1.56. The predicted molar refractivity (Wildman–Crippen MR) is 110 cm³/mol. The fourth-order valence-electron chi connectivity index (χ4n) is 3.55. The molecule has 160 valence electrons. The van der Waals surface area contributed by atoms with E-state index in [1.807, 2.05) is 4.90 Å². The molecule has 1 aliphatic heterocycles. The predicted octanol–water partition coefficient (Wildman–Crippen LogP) is 3.60.